The first-order valence-corrected chi connectivity index (χ1v) is 24.9. The van der Waals surface area contributed by atoms with Crippen LogP contribution in [0.4, 0.5) is 0 Å². The Bertz CT molecular complexity index is 1240. The third-order valence-corrected chi connectivity index (χ3v) is 10.9. The van der Waals surface area contributed by atoms with E-state index in [1.807, 2.05) is 0 Å². The van der Waals surface area contributed by atoms with Crippen molar-refractivity contribution >= 4 is 47.6 Å². The van der Waals surface area contributed by atoms with Gasteiger partial charge in [0.25, 0.3) is 0 Å². The standard InChI is InChI=1S/C48H84N4O14/c1-5-9-13-17-31-61-41(53)21-25-51(26-22-42(54)62-32-18-14-10-6-2)29-35-65-45(57)37-39-47(59)50-40(48(60)49-39)38-46(58)66-36-30-52(27-23-43(55)63-33-19-15-11-7-3)28-24-44(56)64-34-20-16-12-8-4/h39-40H,5-38H2,1-4H3,(H,49,60)(H,50,59). The van der Waals surface area contributed by atoms with E-state index >= 15 is 0 Å². The lowest BCUT2D eigenvalue weighted by molar-refractivity contribution is -0.151. The van der Waals surface area contributed by atoms with Crippen molar-refractivity contribution in [2.24, 2.45) is 0 Å². The molecule has 1 aliphatic heterocycles. The van der Waals surface area contributed by atoms with Crippen LogP contribution >= 0.6 is 0 Å². The number of rotatable bonds is 42. The molecule has 1 saturated heterocycles. The van der Waals surface area contributed by atoms with E-state index in [-0.39, 0.29) is 102 Å². The molecule has 380 valence electrons. The van der Waals surface area contributed by atoms with E-state index < -0.39 is 48.7 Å². The number of amides is 2. The molecule has 0 bridgehead atoms. The van der Waals surface area contributed by atoms with Crippen molar-refractivity contribution in [3.63, 3.8) is 0 Å². The smallest absolute Gasteiger partial charge is 0.308 e. The molecule has 0 radical (unpaired) electrons. The van der Waals surface area contributed by atoms with Crippen LogP contribution in [0, 0.1) is 0 Å². The van der Waals surface area contributed by atoms with E-state index in [9.17, 15) is 38.4 Å². The summed E-state index contributed by atoms with van der Waals surface area (Å²) >= 11 is 0. The molecule has 2 N–H and O–H groups in total. The van der Waals surface area contributed by atoms with E-state index in [1.54, 1.807) is 9.80 Å². The summed E-state index contributed by atoms with van der Waals surface area (Å²) in [5, 5.41) is 4.96. The van der Waals surface area contributed by atoms with Crippen LogP contribution in [0.1, 0.15) is 169 Å². The van der Waals surface area contributed by atoms with Crippen molar-refractivity contribution in [3.05, 3.63) is 0 Å². The van der Waals surface area contributed by atoms with Crippen molar-refractivity contribution < 1.29 is 66.8 Å². The van der Waals surface area contributed by atoms with Crippen LogP contribution in [-0.2, 0) is 66.8 Å². The molecule has 0 aromatic rings. The van der Waals surface area contributed by atoms with Crippen LogP contribution in [0.3, 0.4) is 0 Å². The Labute approximate surface area is 393 Å². The van der Waals surface area contributed by atoms with Gasteiger partial charge >= 0.3 is 35.8 Å². The Morgan fingerprint density at radius 1 is 0.364 bits per heavy atom. The van der Waals surface area contributed by atoms with Gasteiger partial charge in [-0.25, -0.2) is 0 Å². The van der Waals surface area contributed by atoms with Gasteiger partial charge in [-0.1, -0.05) is 105 Å². The van der Waals surface area contributed by atoms with Crippen LogP contribution in [0.15, 0.2) is 0 Å². The Kier molecular flexibility index (Phi) is 36.0. The largest absolute Gasteiger partial charge is 0.466 e. The second-order valence-corrected chi connectivity index (χ2v) is 16.8. The minimum Gasteiger partial charge on any atom is -0.466 e. The number of hydrogen-bond acceptors (Lipinski definition) is 16. The van der Waals surface area contributed by atoms with Crippen molar-refractivity contribution in [1.82, 2.24) is 20.4 Å². The number of nitrogens with one attached hydrogen (secondary N) is 2. The van der Waals surface area contributed by atoms with Crippen LogP contribution < -0.4 is 10.6 Å². The topological polar surface area (TPSA) is 222 Å². The Balaban J connectivity index is 2.61. The lowest BCUT2D eigenvalue weighted by Gasteiger charge is -2.29. The van der Waals surface area contributed by atoms with Crippen LogP contribution in [0.25, 0.3) is 0 Å². The molecular weight excluding hydrogens is 857 g/mol. The molecule has 1 aliphatic rings. The molecule has 0 aromatic carbocycles. The van der Waals surface area contributed by atoms with E-state index in [1.165, 1.54) is 0 Å². The quantitative estimate of drug-likeness (QED) is 0.0439. The minimum absolute atomic E-state index is 0.0872. The number of unbranched alkanes of at least 4 members (excludes halogenated alkanes) is 12. The van der Waals surface area contributed by atoms with Gasteiger partial charge < -0.3 is 39.1 Å². The number of carbonyl (C=O) groups excluding carboxylic acids is 8. The van der Waals surface area contributed by atoms with E-state index in [4.69, 9.17) is 28.4 Å². The molecule has 2 atom stereocenters. The minimum atomic E-state index is -1.23. The third-order valence-electron chi connectivity index (χ3n) is 10.9. The number of ether oxygens (including phenoxy) is 6. The predicted molar refractivity (Wildman–Crippen MR) is 247 cm³/mol. The number of nitrogens with zero attached hydrogens (tertiary/aromatic N) is 2. The van der Waals surface area contributed by atoms with Crippen LogP contribution in [-0.4, -0.2) is 148 Å². The SMILES string of the molecule is CCCCCCOC(=O)CCN(CCOC(=O)CC1NC(=O)C(CC(=O)OCCN(CCC(=O)OCCCCCC)CCC(=O)OCCCCCC)NC1=O)CCC(=O)OCCCCCC. The Hall–Kier alpha value is -4.32. The Morgan fingerprint density at radius 2 is 0.621 bits per heavy atom. The molecule has 0 aliphatic carbocycles. The summed E-state index contributed by atoms with van der Waals surface area (Å²) in [6.45, 7) is 11.0. The van der Waals surface area contributed by atoms with Crippen molar-refractivity contribution in [2.75, 3.05) is 78.9 Å². The first-order valence-electron chi connectivity index (χ1n) is 24.9. The number of carbonyl (C=O) groups is 8. The van der Waals surface area contributed by atoms with Crippen molar-refractivity contribution in [2.45, 2.75) is 181 Å². The highest BCUT2D eigenvalue weighted by atomic mass is 16.6. The molecule has 1 heterocycles. The van der Waals surface area contributed by atoms with Crippen LogP contribution in [0.2, 0.25) is 0 Å². The lowest BCUT2D eigenvalue weighted by Crippen LogP contribution is -2.62. The zero-order chi connectivity index (χ0) is 48.6. The molecule has 1 fully saturated rings. The highest BCUT2D eigenvalue weighted by Crippen LogP contribution is 2.09. The van der Waals surface area contributed by atoms with E-state index in [2.05, 4.69) is 38.3 Å². The molecular formula is C48H84N4O14. The molecule has 1 rings (SSSR count). The fourth-order valence-corrected chi connectivity index (χ4v) is 6.81. The molecule has 2 amide bonds. The normalized spacial score (nSPS) is 14.6. The zero-order valence-corrected chi connectivity index (χ0v) is 40.8. The summed E-state index contributed by atoms with van der Waals surface area (Å²) in [5.41, 5.74) is 0. The monoisotopic (exact) mass is 941 g/mol. The highest BCUT2D eigenvalue weighted by Gasteiger charge is 2.36. The van der Waals surface area contributed by atoms with Gasteiger partial charge in [-0.05, 0) is 25.7 Å². The summed E-state index contributed by atoms with van der Waals surface area (Å²) in [4.78, 5) is 105. The predicted octanol–water partition coefficient (Wildman–Crippen LogP) is 5.49. The fourth-order valence-electron chi connectivity index (χ4n) is 6.81. The molecule has 18 nitrogen and oxygen atoms in total. The van der Waals surface area contributed by atoms with Crippen molar-refractivity contribution in [1.29, 1.82) is 0 Å². The van der Waals surface area contributed by atoms with Gasteiger partial charge in [0.2, 0.25) is 11.8 Å². The zero-order valence-electron chi connectivity index (χ0n) is 40.8. The lowest BCUT2D eigenvalue weighted by atomic mass is 10.1. The summed E-state index contributed by atoms with van der Waals surface area (Å²) < 4.78 is 32.1. The van der Waals surface area contributed by atoms with Gasteiger partial charge in [0.05, 0.1) is 65.0 Å². The molecule has 0 spiro atoms. The Morgan fingerprint density at radius 3 is 0.879 bits per heavy atom. The summed E-state index contributed by atoms with van der Waals surface area (Å²) in [6, 6.07) is -2.46. The van der Waals surface area contributed by atoms with Gasteiger partial charge in [0, 0.05) is 39.3 Å². The maximum Gasteiger partial charge on any atom is 0.308 e. The summed E-state index contributed by atoms with van der Waals surface area (Å²) in [5.74, 6) is -4.29. The van der Waals surface area contributed by atoms with Gasteiger partial charge in [0.15, 0.2) is 0 Å². The first kappa shape index (κ1) is 59.7. The number of piperazine rings is 1. The maximum absolute atomic E-state index is 12.9. The van der Waals surface area contributed by atoms with Gasteiger partial charge in [-0.2, -0.15) is 0 Å². The second kappa shape index (κ2) is 39.8. The first-order chi connectivity index (χ1) is 31.9. The summed E-state index contributed by atoms with van der Waals surface area (Å²) in [7, 11) is 0. The number of esters is 6. The molecule has 2 unspecified atom stereocenters. The molecule has 0 saturated carbocycles. The summed E-state index contributed by atoms with van der Waals surface area (Å²) in [6.07, 6.45) is 15.1. The highest BCUT2D eigenvalue weighted by molar-refractivity contribution is 6.00. The molecule has 18 heteroatoms. The number of hydrogen-bond donors (Lipinski definition) is 2. The average Bonchev–Trinajstić information content (AvgIpc) is 3.29. The fraction of sp³-hybridized carbons (Fsp3) is 0.833. The molecule has 0 aromatic heterocycles. The third kappa shape index (κ3) is 32.4. The molecule has 66 heavy (non-hydrogen) atoms. The average molecular weight is 941 g/mol. The van der Waals surface area contributed by atoms with Gasteiger partial charge in [0.1, 0.15) is 25.3 Å². The maximum atomic E-state index is 12.9. The van der Waals surface area contributed by atoms with E-state index in [0.717, 1.165) is 103 Å². The van der Waals surface area contributed by atoms with Crippen molar-refractivity contribution in [3.8, 4) is 0 Å². The second-order valence-electron chi connectivity index (χ2n) is 16.8. The van der Waals surface area contributed by atoms with Gasteiger partial charge in [-0.15, -0.1) is 0 Å². The van der Waals surface area contributed by atoms with Gasteiger partial charge in [-0.3, -0.25) is 48.2 Å². The van der Waals surface area contributed by atoms with Crippen LogP contribution in [0.5, 0.6) is 0 Å². The van der Waals surface area contributed by atoms with E-state index in [0.29, 0.717) is 26.4 Å².